The van der Waals surface area contributed by atoms with Gasteiger partial charge in [0.05, 0.1) is 0 Å². The summed E-state index contributed by atoms with van der Waals surface area (Å²) in [5.74, 6) is 0. The van der Waals surface area contributed by atoms with Crippen molar-refractivity contribution in [1.82, 2.24) is 0 Å². The number of hydrogen-bond acceptors (Lipinski definition) is 0. The van der Waals surface area contributed by atoms with Gasteiger partial charge in [-0.15, -0.1) is 0 Å². The quantitative estimate of drug-likeness (QED) is 0.174. The topological polar surface area (TPSA) is 0 Å². The van der Waals surface area contributed by atoms with Crippen LogP contribution in [0.15, 0.2) is 170 Å². The average molecular weight is 611 g/mol. The van der Waals surface area contributed by atoms with Crippen molar-refractivity contribution >= 4 is 43.1 Å². The minimum absolute atomic E-state index is 1.23. The van der Waals surface area contributed by atoms with E-state index >= 15 is 0 Å². The highest BCUT2D eigenvalue weighted by atomic mass is 14.2. The predicted octanol–water partition coefficient (Wildman–Crippen LogP) is 13.6. The number of aryl methyl sites for hydroxylation is 2. The van der Waals surface area contributed by atoms with Gasteiger partial charge in [-0.05, 0) is 137 Å². The van der Waals surface area contributed by atoms with Crippen LogP contribution in [-0.4, -0.2) is 0 Å². The minimum Gasteiger partial charge on any atom is -0.0616 e. The molecule has 0 saturated heterocycles. The molecule has 0 heterocycles. The lowest BCUT2D eigenvalue weighted by Crippen LogP contribution is -1.94. The second-order valence-electron chi connectivity index (χ2n) is 13.0. The zero-order valence-corrected chi connectivity index (χ0v) is 27.2. The number of fused-ring (bicyclic) bond motifs is 4. The van der Waals surface area contributed by atoms with E-state index in [0.29, 0.717) is 0 Å². The molecule has 0 aromatic heterocycles. The Morgan fingerprint density at radius 1 is 0.271 bits per heavy atom. The maximum atomic E-state index is 2.36. The third kappa shape index (κ3) is 4.69. The smallest absolute Gasteiger partial charge is 0.00668 e. The predicted molar refractivity (Wildman–Crippen MR) is 208 cm³/mol. The Morgan fingerprint density at radius 3 is 1.15 bits per heavy atom. The molecule has 0 unspecified atom stereocenters. The molecule has 0 bridgehead atoms. The molecule has 0 spiro atoms. The highest BCUT2D eigenvalue weighted by molar-refractivity contribution is 6.15. The van der Waals surface area contributed by atoms with Crippen molar-refractivity contribution < 1.29 is 0 Å². The molecule has 48 heavy (non-hydrogen) atoms. The summed E-state index contributed by atoms with van der Waals surface area (Å²) in [5, 5.41) is 10.4. The molecule has 0 saturated carbocycles. The van der Waals surface area contributed by atoms with Gasteiger partial charge in [0.1, 0.15) is 0 Å². The maximum Gasteiger partial charge on any atom is -0.00668 e. The molecule has 0 atom stereocenters. The van der Waals surface area contributed by atoms with Gasteiger partial charge in [0.25, 0.3) is 0 Å². The second-order valence-corrected chi connectivity index (χ2v) is 13.0. The summed E-state index contributed by atoms with van der Waals surface area (Å²) in [4.78, 5) is 0. The van der Waals surface area contributed by atoms with E-state index in [0.717, 1.165) is 0 Å². The van der Waals surface area contributed by atoms with Crippen molar-refractivity contribution in [3.05, 3.63) is 181 Å². The molecule has 0 N–H and O–H groups in total. The van der Waals surface area contributed by atoms with Crippen LogP contribution < -0.4 is 0 Å². The number of benzene rings is 9. The fourth-order valence-electron chi connectivity index (χ4n) is 7.76. The lowest BCUT2D eigenvalue weighted by atomic mass is 9.85. The molecule has 0 aliphatic rings. The van der Waals surface area contributed by atoms with E-state index in [1.807, 2.05) is 0 Å². The zero-order chi connectivity index (χ0) is 32.2. The molecule has 9 aromatic carbocycles. The van der Waals surface area contributed by atoms with Crippen molar-refractivity contribution in [1.29, 1.82) is 0 Å². The van der Waals surface area contributed by atoms with Crippen LogP contribution in [0, 0.1) is 13.8 Å². The van der Waals surface area contributed by atoms with Crippen LogP contribution in [0.4, 0.5) is 0 Å². The lowest BCUT2D eigenvalue weighted by molar-refractivity contribution is 1.51. The Bertz CT molecular complexity index is 2510. The number of hydrogen-bond donors (Lipinski definition) is 0. The van der Waals surface area contributed by atoms with Gasteiger partial charge in [-0.3, -0.25) is 0 Å². The van der Waals surface area contributed by atoms with Gasteiger partial charge in [-0.1, -0.05) is 146 Å². The van der Waals surface area contributed by atoms with Crippen molar-refractivity contribution in [2.24, 2.45) is 0 Å². The van der Waals surface area contributed by atoms with Crippen LogP contribution in [-0.2, 0) is 0 Å². The highest BCUT2D eigenvalue weighted by Gasteiger charge is 2.17. The summed E-state index contributed by atoms with van der Waals surface area (Å²) in [5.41, 5.74) is 12.6. The fourth-order valence-corrected chi connectivity index (χ4v) is 7.76. The van der Waals surface area contributed by atoms with E-state index in [4.69, 9.17) is 0 Å². The van der Waals surface area contributed by atoms with Crippen LogP contribution in [0.5, 0.6) is 0 Å². The number of rotatable bonds is 4. The SMILES string of the molecule is Cc1c2cccc(-c3cccc(-c4ccc5ccccc5c4)c3)c2c(C)c2c(-c3cccc(-c4ccc5ccccc5c4)c3)cccc12. The molecule has 226 valence electrons. The van der Waals surface area contributed by atoms with E-state index in [1.54, 1.807) is 0 Å². The van der Waals surface area contributed by atoms with Crippen LogP contribution in [0.1, 0.15) is 11.1 Å². The van der Waals surface area contributed by atoms with Gasteiger partial charge >= 0.3 is 0 Å². The molecular formula is C48H34. The van der Waals surface area contributed by atoms with E-state index in [-0.39, 0.29) is 0 Å². The van der Waals surface area contributed by atoms with Gasteiger partial charge < -0.3 is 0 Å². The summed E-state index contributed by atoms with van der Waals surface area (Å²) in [6.45, 7) is 4.60. The largest absolute Gasteiger partial charge is 0.0616 e. The summed E-state index contributed by atoms with van der Waals surface area (Å²) in [6, 6.07) is 62.4. The molecule has 0 nitrogen and oxygen atoms in total. The maximum absolute atomic E-state index is 2.36. The first-order valence-electron chi connectivity index (χ1n) is 16.8. The Hall–Kier alpha value is -5.98. The minimum atomic E-state index is 1.23. The molecule has 9 aromatic rings. The zero-order valence-electron chi connectivity index (χ0n) is 27.2. The Labute approximate surface area is 281 Å². The van der Waals surface area contributed by atoms with Crippen LogP contribution >= 0.6 is 0 Å². The molecule has 0 radical (unpaired) electrons. The van der Waals surface area contributed by atoms with Crippen LogP contribution in [0.3, 0.4) is 0 Å². The summed E-state index contributed by atoms with van der Waals surface area (Å²) < 4.78 is 0. The van der Waals surface area contributed by atoms with E-state index in [9.17, 15) is 0 Å². The molecular weight excluding hydrogens is 577 g/mol. The van der Waals surface area contributed by atoms with Crippen molar-refractivity contribution in [3.63, 3.8) is 0 Å². The van der Waals surface area contributed by atoms with Crippen molar-refractivity contribution in [2.45, 2.75) is 13.8 Å². The fraction of sp³-hybridized carbons (Fsp3) is 0.0417. The van der Waals surface area contributed by atoms with Crippen molar-refractivity contribution in [2.75, 3.05) is 0 Å². The van der Waals surface area contributed by atoms with Gasteiger partial charge in [-0.25, -0.2) is 0 Å². The molecule has 0 amide bonds. The molecule has 9 rings (SSSR count). The van der Waals surface area contributed by atoms with E-state index in [1.165, 1.54) is 98.7 Å². The third-order valence-corrected chi connectivity index (χ3v) is 10.2. The first-order chi connectivity index (χ1) is 23.6. The van der Waals surface area contributed by atoms with E-state index < -0.39 is 0 Å². The van der Waals surface area contributed by atoms with Gasteiger partial charge in [0, 0.05) is 0 Å². The standard InChI is InChI=1S/C48H34/c1-31-43-19-9-21-45(41-17-7-15-37(29-41)39-25-23-33-11-3-5-13-35(33)27-39)47(43)32(2)48-44(31)20-10-22-46(48)42-18-8-16-38(30-42)40-26-24-34-12-4-6-14-36(34)28-40/h3-30H,1-2H3. The lowest BCUT2D eigenvalue weighted by Gasteiger charge is -2.19. The summed E-state index contributed by atoms with van der Waals surface area (Å²) in [7, 11) is 0. The Balaban J connectivity index is 1.21. The first-order valence-corrected chi connectivity index (χ1v) is 16.8. The van der Waals surface area contributed by atoms with Crippen molar-refractivity contribution in [3.8, 4) is 44.5 Å². The second kappa shape index (κ2) is 11.4. The molecule has 0 fully saturated rings. The van der Waals surface area contributed by atoms with Gasteiger partial charge in [0.2, 0.25) is 0 Å². The molecule has 0 aliphatic carbocycles. The first kappa shape index (κ1) is 28.3. The monoisotopic (exact) mass is 610 g/mol. The van der Waals surface area contributed by atoms with Gasteiger partial charge in [-0.2, -0.15) is 0 Å². The highest BCUT2D eigenvalue weighted by Crippen LogP contribution is 2.43. The van der Waals surface area contributed by atoms with Gasteiger partial charge in [0.15, 0.2) is 0 Å². The van der Waals surface area contributed by atoms with Crippen LogP contribution in [0.2, 0.25) is 0 Å². The molecule has 0 aliphatic heterocycles. The van der Waals surface area contributed by atoms with Crippen LogP contribution in [0.25, 0.3) is 87.6 Å². The average Bonchev–Trinajstić information content (AvgIpc) is 3.16. The Morgan fingerprint density at radius 2 is 0.667 bits per heavy atom. The normalized spacial score (nSPS) is 11.5. The summed E-state index contributed by atoms with van der Waals surface area (Å²) in [6.07, 6.45) is 0. The molecule has 0 heteroatoms. The van der Waals surface area contributed by atoms with E-state index in [2.05, 4.69) is 184 Å². The Kier molecular flexibility index (Phi) is 6.69. The summed E-state index contributed by atoms with van der Waals surface area (Å²) >= 11 is 0. The third-order valence-electron chi connectivity index (χ3n) is 10.2.